The van der Waals surface area contributed by atoms with Crippen molar-refractivity contribution >= 4 is 44.5 Å². The first-order chi connectivity index (χ1) is 6.70. The van der Waals surface area contributed by atoms with Gasteiger partial charge >= 0.3 is 5.97 Å². The highest BCUT2D eigenvalue weighted by Gasteiger charge is 2.31. The number of hydrogen-bond donors (Lipinski definition) is 0. The second-order valence-electron chi connectivity index (χ2n) is 2.86. The van der Waals surface area contributed by atoms with Gasteiger partial charge in [-0.15, -0.1) is 0 Å². The van der Waals surface area contributed by atoms with Gasteiger partial charge in [0.25, 0.3) is 0 Å². The van der Waals surface area contributed by atoms with Crippen molar-refractivity contribution in [3.05, 3.63) is 44.0 Å². The number of hydrogen-bond acceptors (Lipinski definition) is 2. The van der Waals surface area contributed by atoms with Crippen LogP contribution in [-0.4, -0.2) is 5.97 Å². The van der Waals surface area contributed by atoms with Gasteiger partial charge in [0.1, 0.15) is 4.48 Å². The summed E-state index contributed by atoms with van der Waals surface area (Å²) in [6.45, 7) is 0. The second kappa shape index (κ2) is 4.02. The molecule has 0 amide bonds. The van der Waals surface area contributed by atoms with Gasteiger partial charge in [0.15, 0.2) is 6.10 Å². The smallest absolute Gasteiger partial charge is 0.347 e. The Bertz CT molecular complexity index is 400. The molecule has 0 saturated carbocycles. The molecule has 1 aliphatic rings. The van der Waals surface area contributed by atoms with E-state index in [9.17, 15) is 4.79 Å². The van der Waals surface area contributed by atoms with Gasteiger partial charge in [0.05, 0.1) is 3.58 Å². The molecule has 2 nitrogen and oxygen atoms in total. The van der Waals surface area contributed by atoms with Crippen LogP contribution in [0.3, 0.4) is 0 Å². The Kier molecular flexibility index (Phi) is 2.92. The van der Waals surface area contributed by atoms with Crippen molar-refractivity contribution in [1.29, 1.82) is 0 Å². The fraction of sp³-hybridized carbons (Fsp3) is 0.100. The number of carbonyl (C=O) groups is 1. The number of rotatable bonds is 1. The lowest BCUT2D eigenvalue weighted by atomic mass is 10.1. The molecule has 2 rings (SSSR count). The first-order valence-electron chi connectivity index (χ1n) is 4.01. The molecule has 1 aromatic carbocycles. The molecule has 14 heavy (non-hydrogen) atoms. The van der Waals surface area contributed by atoms with E-state index in [2.05, 4.69) is 38.5 Å². The third-order valence-corrected chi connectivity index (χ3v) is 4.54. The van der Waals surface area contributed by atoms with E-state index in [0.29, 0.717) is 4.48 Å². The van der Waals surface area contributed by atoms with Crippen LogP contribution in [-0.2, 0) is 9.53 Å². The van der Waals surface area contributed by atoms with E-state index in [1.807, 2.05) is 30.3 Å². The molecule has 0 bridgehead atoms. The Hall–Kier alpha value is -0.360. The molecule has 0 aliphatic carbocycles. The predicted molar refractivity (Wildman–Crippen MR) is 65.2 cm³/mol. The summed E-state index contributed by atoms with van der Waals surface area (Å²) in [5, 5.41) is 0. The zero-order valence-corrected chi connectivity index (χ0v) is 10.8. The van der Waals surface area contributed by atoms with Crippen LogP contribution in [0, 0.1) is 0 Å². The van der Waals surface area contributed by atoms with Gasteiger partial charge < -0.3 is 4.74 Å². The second-order valence-corrected chi connectivity index (χ2v) is 4.81. The molecule has 0 saturated heterocycles. The van der Waals surface area contributed by atoms with Crippen LogP contribution in [0.1, 0.15) is 11.7 Å². The van der Waals surface area contributed by atoms with E-state index in [-0.39, 0.29) is 12.1 Å². The standard InChI is InChI=1S/C10H6BrIO2/c11-7-8(12)9(14-10(7)13)6-4-2-1-3-5-6/h1-5,9H. The van der Waals surface area contributed by atoms with E-state index >= 15 is 0 Å². The van der Waals surface area contributed by atoms with Crippen molar-refractivity contribution in [2.45, 2.75) is 6.10 Å². The van der Waals surface area contributed by atoms with Crippen molar-refractivity contribution in [3.8, 4) is 0 Å². The number of carbonyl (C=O) groups excluding carboxylic acids is 1. The van der Waals surface area contributed by atoms with Crippen molar-refractivity contribution in [2.24, 2.45) is 0 Å². The first-order valence-corrected chi connectivity index (χ1v) is 5.88. The SMILES string of the molecule is O=C1OC(c2ccccc2)C(I)=C1Br. The van der Waals surface area contributed by atoms with Crippen LogP contribution in [0.2, 0.25) is 0 Å². The van der Waals surface area contributed by atoms with Crippen molar-refractivity contribution in [3.63, 3.8) is 0 Å². The van der Waals surface area contributed by atoms with Gasteiger partial charge in [0, 0.05) is 0 Å². The zero-order valence-electron chi connectivity index (χ0n) is 7.04. The Morgan fingerprint density at radius 1 is 1.29 bits per heavy atom. The Balaban J connectivity index is 2.36. The highest BCUT2D eigenvalue weighted by molar-refractivity contribution is 14.1. The predicted octanol–water partition coefficient (Wildman–Crippen LogP) is 3.33. The molecule has 1 aromatic rings. The third-order valence-electron chi connectivity index (χ3n) is 1.95. The maximum Gasteiger partial charge on any atom is 0.347 e. The molecule has 1 aliphatic heterocycles. The molecular weight excluding hydrogens is 359 g/mol. The lowest BCUT2D eigenvalue weighted by Crippen LogP contribution is -2.01. The number of benzene rings is 1. The van der Waals surface area contributed by atoms with Gasteiger partial charge in [-0.05, 0) is 44.1 Å². The molecule has 0 aromatic heterocycles. The summed E-state index contributed by atoms with van der Waals surface area (Å²) in [7, 11) is 0. The van der Waals surface area contributed by atoms with E-state index in [0.717, 1.165) is 9.14 Å². The third kappa shape index (κ3) is 1.72. The van der Waals surface area contributed by atoms with Crippen molar-refractivity contribution < 1.29 is 9.53 Å². The minimum absolute atomic E-state index is 0.237. The molecule has 0 spiro atoms. The fourth-order valence-corrected chi connectivity index (χ4v) is 2.27. The van der Waals surface area contributed by atoms with Crippen LogP contribution in [0.25, 0.3) is 0 Å². The highest BCUT2D eigenvalue weighted by Crippen LogP contribution is 2.41. The van der Waals surface area contributed by atoms with Gasteiger partial charge in [-0.25, -0.2) is 4.79 Å². The molecule has 1 heterocycles. The summed E-state index contributed by atoms with van der Waals surface area (Å²) < 4.78 is 6.64. The lowest BCUT2D eigenvalue weighted by Gasteiger charge is -2.09. The quantitative estimate of drug-likeness (QED) is 0.564. The van der Waals surface area contributed by atoms with Crippen LogP contribution >= 0.6 is 38.5 Å². The summed E-state index contributed by atoms with van der Waals surface area (Å²) in [6, 6.07) is 9.69. The normalized spacial score (nSPS) is 21.3. The summed E-state index contributed by atoms with van der Waals surface area (Å²) >= 11 is 5.33. The molecule has 4 heteroatoms. The Morgan fingerprint density at radius 2 is 1.93 bits per heavy atom. The largest absolute Gasteiger partial charge is 0.448 e. The Morgan fingerprint density at radius 3 is 2.43 bits per heavy atom. The number of ether oxygens (including phenoxy) is 1. The van der Waals surface area contributed by atoms with E-state index in [1.165, 1.54) is 0 Å². The molecule has 0 radical (unpaired) electrons. The average molecular weight is 365 g/mol. The molecule has 1 atom stereocenters. The lowest BCUT2D eigenvalue weighted by molar-refractivity contribution is -0.139. The van der Waals surface area contributed by atoms with Gasteiger partial charge in [-0.1, -0.05) is 30.3 Å². The monoisotopic (exact) mass is 364 g/mol. The van der Waals surface area contributed by atoms with Crippen LogP contribution in [0.5, 0.6) is 0 Å². The summed E-state index contributed by atoms with van der Waals surface area (Å²) in [6.07, 6.45) is -0.237. The molecule has 0 N–H and O–H groups in total. The van der Waals surface area contributed by atoms with E-state index in [1.54, 1.807) is 0 Å². The van der Waals surface area contributed by atoms with E-state index < -0.39 is 0 Å². The average Bonchev–Trinajstić information content (AvgIpc) is 2.47. The van der Waals surface area contributed by atoms with Gasteiger partial charge in [-0.2, -0.15) is 0 Å². The summed E-state index contributed by atoms with van der Waals surface area (Å²) in [4.78, 5) is 11.2. The topological polar surface area (TPSA) is 26.3 Å². The van der Waals surface area contributed by atoms with Crippen LogP contribution < -0.4 is 0 Å². The van der Waals surface area contributed by atoms with Gasteiger partial charge in [-0.3, -0.25) is 0 Å². The highest BCUT2D eigenvalue weighted by atomic mass is 127. The van der Waals surface area contributed by atoms with E-state index in [4.69, 9.17) is 4.74 Å². The van der Waals surface area contributed by atoms with Crippen molar-refractivity contribution in [2.75, 3.05) is 0 Å². The first kappa shape index (κ1) is 10.2. The number of cyclic esters (lactones) is 1. The summed E-state index contributed by atoms with van der Waals surface area (Å²) in [5.74, 6) is -0.289. The van der Waals surface area contributed by atoms with Crippen LogP contribution in [0.15, 0.2) is 38.4 Å². The minimum Gasteiger partial charge on any atom is -0.448 e. The molecule has 1 unspecified atom stereocenters. The zero-order chi connectivity index (χ0) is 10.1. The molecular formula is C10H6BrIO2. The fourth-order valence-electron chi connectivity index (χ4n) is 1.27. The van der Waals surface area contributed by atoms with Crippen LogP contribution in [0.4, 0.5) is 0 Å². The minimum atomic E-state index is -0.289. The maximum atomic E-state index is 11.2. The van der Waals surface area contributed by atoms with Gasteiger partial charge in [0.2, 0.25) is 0 Å². The number of halogens is 2. The molecule has 0 fully saturated rings. The molecule has 72 valence electrons. The maximum absolute atomic E-state index is 11.2. The Labute approximate surface area is 104 Å². The number of esters is 1. The summed E-state index contributed by atoms with van der Waals surface area (Å²) in [5.41, 5.74) is 1.000. The van der Waals surface area contributed by atoms with Crippen molar-refractivity contribution in [1.82, 2.24) is 0 Å².